The predicted octanol–water partition coefficient (Wildman–Crippen LogP) is 2.75. The number of hydrogen-bond acceptors (Lipinski definition) is 4. The number of nitrogens with one attached hydrogen (secondary N) is 2. The summed E-state index contributed by atoms with van der Waals surface area (Å²) in [5, 5.41) is 8.95. The Balaban J connectivity index is 1.73. The summed E-state index contributed by atoms with van der Waals surface area (Å²) >= 11 is 0. The molecule has 2 N–H and O–H groups in total. The van der Waals surface area contributed by atoms with Gasteiger partial charge in [0.05, 0.1) is 7.11 Å². The molecule has 2 aromatic carbocycles. The number of para-hydroxylation sites is 1. The summed E-state index contributed by atoms with van der Waals surface area (Å²) in [5.74, 6) is -1.66. The molecule has 8 heteroatoms. The summed E-state index contributed by atoms with van der Waals surface area (Å²) in [7, 11) is 2.97. The van der Waals surface area contributed by atoms with Crippen LogP contribution < -0.4 is 15.4 Å². The average molecular weight is 382 g/mol. The van der Waals surface area contributed by atoms with Crippen LogP contribution in [-0.4, -0.2) is 28.7 Å². The number of halogens is 1. The lowest BCUT2D eigenvalue weighted by Crippen LogP contribution is -2.24. The molecule has 0 aliphatic heterocycles. The Morgan fingerprint density at radius 3 is 2.46 bits per heavy atom. The van der Waals surface area contributed by atoms with Crippen LogP contribution in [0.3, 0.4) is 0 Å². The number of aromatic nitrogens is 2. The van der Waals surface area contributed by atoms with Crippen molar-refractivity contribution in [3.05, 3.63) is 77.2 Å². The summed E-state index contributed by atoms with van der Waals surface area (Å²) in [4.78, 5) is 24.6. The van der Waals surface area contributed by atoms with Crippen molar-refractivity contribution in [2.24, 2.45) is 7.05 Å². The number of methoxy groups -OCH3 is 1. The van der Waals surface area contributed by atoms with Gasteiger partial charge in [0.2, 0.25) is 0 Å². The third kappa shape index (κ3) is 4.01. The van der Waals surface area contributed by atoms with E-state index in [4.69, 9.17) is 4.74 Å². The quantitative estimate of drug-likeness (QED) is 0.687. The molecule has 144 valence electrons. The van der Waals surface area contributed by atoms with Gasteiger partial charge in [-0.05, 0) is 18.2 Å². The maximum Gasteiger partial charge on any atom is 0.275 e. The number of amides is 2. The fraction of sp³-hybridized carbons (Fsp3) is 0.150. The molecule has 2 amide bonds. The number of hydrogen-bond donors (Lipinski definition) is 2. The third-order valence-electron chi connectivity index (χ3n) is 4.10. The molecule has 0 bridgehead atoms. The number of nitrogens with zero attached hydrogens (tertiary/aromatic N) is 2. The Labute approximate surface area is 161 Å². The molecule has 3 aromatic rings. The van der Waals surface area contributed by atoms with Crippen molar-refractivity contribution in [1.29, 1.82) is 0 Å². The first-order valence-corrected chi connectivity index (χ1v) is 8.50. The van der Waals surface area contributed by atoms with Gasteiger partial charge in [0, 0.05) is 24.7 Å². The maximum atomic E-state index is 14.7. The van der Waals surface area contributed by atoms with E-state index in [1.54, 1.807) is 42.5 Å². The first kappa shape index (κ1) is 19.1. The zero-order valence-electron chi connectivity index (χ0n) is 15.4. The normalized spacial score (nSPS) is 10.4. The Bertz CT molecular complexity index is 1000. The van der Waals surface area contributed by atoms with E-state index in [1.807, 2.05) is 12.1 Å². The van der Waals surface area contributed by atoms with Crippen molar-refractivity contribution < 1.29 is 18.7 Å². The van der Waals surface area contributed by atoms with E-state index in [9.17, 15) is 14.0 Å². The molecule has 0 saturated carbocycles. The molecule has 0 saturated heterocycles. The minimum atomic E-state index is -0.899. The minimum Gasteiger partial charge on any atom is -0.496 e. The molecule has 0 atom stereocenters. The summed E-state index contributed by atoms with van der Waals surface area (Å²) in [5.41, 5.74) is 0.707. The Hall–Kier alpha value is -3.68. The average Bonchev–Trinajstić information content (AvgIpc) is 3.01. The second-order valence-corrected chi connectivity index (χ2v) is 5.95. The molecule has 3 rings (SSSR count). The fourth-order valence-electron chi connectivity index (χ4n) is 2.66. The van der Waals surface area contributed by atoms with Gasteiger partial charge in [-0.2, -0.15) is 5.10 Å². The summed E-state index contributed by atoms with van der Waals surface area (Å²) < 4.78 is 21.1. The Kier molecular flexibility index (Phi) is 5.69. The second kappa shape index (κ2) is 8.34. The van der Waals surface area contributed by atoms with E-state index < -0.39 is 23.3 Å². The van der Waals surface area contributed by atoms with Gasteiger partial charge >= 0.3 is 0 Å². The highest BCUT2D eigenvalue weighted by Gasteiger charge is 2.23. The number of aryl methyl sites for hydroxylation is 1. The molecule has 1 aromatic heterocycles. The largest absolute Gasteiger partial charge is 0.496 e. The molecule has 0 spiro atoms. The second-order valence-electron chi connectivity index (χ2n) is 5.95. The highest BCUT2D eigenvalue weighted by molar-refractivity contribution is 6.04. The number of carbonyl (C=O) groups is 2. The third-order valence-corrected chi connectivity index (χ3v) is 4.10. The van der Waals surface area contributed by atoms with E-state index in [0.717, 1.165) is 10.2 Å². The van der Waals surface area contributed by atoms with E-state index in [2.05, 4.69) is 15.7 Å². The lowest BCUT2D eigenvalue weighted by atomic mass is 10.2. The maximum absolute atomic E-state index is 14.7. The number of anilines is 1. The first-order chi connectivity index (χ1) is 13.5. The van der Waals surface area contributed by atoms with Crippen molar-refractivity contribution in [1.82, 2.24) is 15.1 Å². The highest BCUT2D eigenvalue weighted by Crippen LogP contribution is 2.20. The lowest BCUT2D eigenvalue weighted by molar-refractivity contribution is 0.0940. The highest BCUT2D eigenvalue weighted by atomic mass is 19.1. The summed E-state index contributed by atoms with van der Waals surface area (Å²) in [6.45, 7) is 0.143. The van der Waals surface area contributed by atoms with Gasteiger partial charge in [-0.15, -0.1) is 0 Å². The minimum absolute atomic E-state index is 0.143. The standard InChI is InChI=1S/C20H19FN4O3/c1-25-18(23-19(26)13-8-4-3-5-9-13)16(21)17(24-25)20(27)22-12-14-10-6-7-11-15(14)28-2/h3-11H,12H2,1-2H3,(H,22,27)(H,23,26). The Morgan fingerprint density at radius 2 is 1.75 bits per heavy atom. The first-order valence-electron chi connectivity index (χ1n) is 8.50. The monoisotopic (exact) mass is 382 g/mol. The summed E-state index contributed by atoms with van der Waals surface area (Å²) in [6.07, 6.45) is 0. The molecule has 7 nitrogen and oxygen atoms in total. The van der Waals surface area contributed by atoms with Crippen LogP contribution in [0, 0.1) is 5.82 Å². The van der Waals surface area contributed by atoms with Gasteiger partial charge < -0.3 is 15.4 Å². The van der Waals surface area contributed by atoms with Crippen molar-refractivity contribution in [3.63, 3.8) is 0 Å². The SMILES string of the molecule is COc1ccccc1CNC(=O)c1nn(C)c(NC(=O)c2ccccc2)c1F. The van der Waals surface area contributed by atoms with Gasteiger partial charge in [0.15, 0.2) is 17.3 Å². The summed E-state index contributed by atoms with van der Waals surface area (Å²) in [6, 6.07) is 15.5. The van der Waals surface area contributed by atoms with Gasteiger partial charge in [-0.1, -0.05) is 36.4 Å². The zero-order chi connectivity index (χ0) is 20.1. The molecule has 0 aliphatic carbocycles. The number of benzene rings is 2. The van der Waals surface area contributed by atoms with E-state index in [-0.39, 0.29) is 12.4 Å². The molecular weight excluding hydrogens is 363 g/mol. The molecule has 1 heterocycles. The molecule has 0 aliphatic rings. The van der Waals surface area contributed by atoms with Gasteiger partial charge in [0.1, 0.15) is 5.75 Å². The van der Waals surface area contributed by atoms with Gasteiger partial charge in [-0.3, -0.25) is 9.59 Å². The van der Waals surface area contributed by atoms with Crippen LogP contribution in [0.4, 0.5) is 10.2 Å². The van der Waals surface area contributed by atoms with Crippen LogP contribution in [0.15, 0.2) is 54.6 Å². The molecule has 0 unspecified atom stereocenters. The van der Waals surface area contributed by atoms with Crippen LogP contribution in [0.1, 0.15) is 26.4 Å². The molecule has 28 heavy (non-hydrogen) atoms. The van der Waals surface area contributed by atoms with E-state index in [0.29, 0.717) is 11.3 Å². The van der Waals surface area contributed by atoms with Crippen LogP contribution in [0.5, 0.6) is 5.75 Å². The van der Waals surface area contributed by atoms with E-state index in [1.165, 1.54) is 14.2 Å². The topological polar surface area (TPSA) is 85.2 Å². The molecule has 0 fully saturated rings. The lowest BCUT2D eigenvalue weighted by Gasteiger charge is -2.08. The predicted molar refractivity (Wildman–Crippen MR) is 102 cm³/mol. The van der Waals surface area contributed by atoms with Crippen LogP contribution in [0.25, 0.3) is 0 Å². The Morgan fingerprint density at radius 1 is 1.07 bits per heavy atom. The number of carbonyl (C=O) groups excluding carboxylic acids is 2. The van der Waals surface area contributed by atoms with Crippen LogP contribution in [-0.2, 0) is 13.6 Å². The van der Waals surface area contributed by atoms with Gasteiger partial charge in [-0.25, -0.2) is 9.07 Å². The van der Waals surface area contributed by atoms with Crippen molar-refractivity contribution in [2.75, 3.05) is 12.4 Å². The van der Waals surface area contributed by atoms with Crippen molar-refractivity contribution in [2.45, 2.75) is 6.54 Å². The van der Waals surface area contributed by atoms with Gasteiger partial charge in [0.25, 0.3) is 11.8 Å². The number of ether oxygens (including phenoxy) is 1. The zero-order valence-corrected chi connectivity index (χ0v) is 15.4. The van der Waals surface area contributed by atoms with Crippen molar-refractivity contribution >= 4 is 17.6 Å². The van der Waals surface area contributed by atoms with Crippen molar-refractivity contribution in [3.8, 4) is 5.75 Å². The van der Waals surface area contributed by atoms with Crippen LogP contribution in [0.2, 0.25) is 0 Å². The smallest absolute Gasteiger partial charge is 0.275 e. The fourth-order valence-corrected chi connectivity index (χ4v) is 2.66. The molecular formula is C20H19FN4O3. The van der Waals surface area contributed by atoms with E-state index >= 15 is 0 Å². The van der Waals surface area contributed by atoms with Crippen LogP contribution >= 0.6 is 0 Å². The molecule has 0 radical (unpaired) electrons. The number of rotatable bonds is 6.